The molecular weight excluding hydrogens is 414 g/mol. The second kappa shape index (κ2) is 9.67. The van der Waals surface area contributed by atoms with Crippen LogP contribution in [0.5, 0.6) is 0 Å². The number of hydrogen-bond acceptors (Lipinski definition) is 4. The normalized spacial score (nSPS) is 22.9. The summed E-state index contributed by atoms with van der Waals surface area (Å²) in [6.07, 6.45) is 1.95. The summed E-state index contributed by atoms with van der Waals surface area (Å²) in [5.74, 6) is 0.0105. The highest BCUT2D eigenvalue weighted by Crippen LogP contribution is 2.44. The third kappa shape index (κ3) is 4.69. The summed E-state index contributed by atoms with van der Waals surface area (Å²) in [5, 5.41) is 4.61. The average Bonchev–Trinajstić information content (AvgIpc) is 3.48. The Hall–Kier alpha value is -2.67. The number of rotatable bonds is 7. The van der Waals surface area contributed by atoms with Gasteiger partial charge in [0.15, 0.2) is 0 Å². The van der Waals surface area contributed by atoms with Crippen molar-refractivity contribution >= 4 is 11.8 Å². The third-order valence-electron chi connectivity index (χ3n) is 7.30. The Morgan fingerprint density at radius 3 is 2.58 bits per heavy atom. The topological polar surface area (TPSA) is 61.7 Å². The molecule has 0 saturated carbocycles. The number of nitrogens with zero attached hydrogens (tertiary/aromatic N) is 5. The fraction of sp³-hybridized carbons (Fsp3) is 0.577. The van der Waals surface area contributed by atoms with Gasteiger partial charge in [0.1, 0.15) is 0 Å². The minimum atomic E-state index is -0.182. The summed E-state index contributed by atoms with van der Waals surface area (Å²) >= 11 is 0. The van der Waals surface area contributed by atoms with Gasteiger partial charge in [-0.1, -0.05) is 25.1 Å². The first-order chi connectivity index (χ1) is 15.9. The van der Waals surface area contributed by atoms with Crippen molar-refractivity contribution in [1.29, 1.82) is 0 Å². The van der Waals surface area contributed by atoms with Gasteiger partial charge < -0.3 is 14.7 Å². The van der Waals surface area contributed by atoms with E-state index in [0.29, 0.717) is 31.7 Å². The van der Waals surface area contributed by atoms with Gasteiger partial charge in [-0.2, -0.15) is 5.10 Å². The molecule has 0 N–H and O–H groups in total. The SMILES string of the molecule is CCCn1nc(C)cc1CN(CC)C(=O)[C@@H]1CN(C(=O)c2ccccc2)C[C@]12CCN(C)C2. The lowest BCUT2D eigenvalue weighted by atomic mass is 9.76. The van der Waals surface area contributed by atoms with Crippen molar-refractivity contribution in [1.82, 2.24) is 24.5 Å². The Morgan fingerprint density at radius 1 is 1.18 bits per heavy atom. The highest BCUT2D eigenvalue weighted by Gasteiger charge is 2.54. The monoisotopic (exact) mass is 451 g/mol. The van der Waals surface area contributed by atoms with Crippen LogP contribution in [0.15, 0.2) is 36.4 Å². The molecule has 0 unspecified atom stereocenters. The van der Waals surface area contributed by atoms with E-state index in [1.54, 1.807) is 0 Å². The molecule has 2 amide bonds. The zero-order valence-electron chi connectivity index (χ0n) is 20.5. The number of hydrogen-bond donors (Lipinski definition) is 0. The molecule has 1 spiro atoms. The lowest BCUT2D eigenvalue weighted by Crippen LogP contribution is -2.44. The molecule has 2 atom stereocenters. The smallest absolute Gasteiger partial charge is 0.253 e. The molecule has 178 valence electrons. The molecule has 33 heavy (non-hydrogen) atoms. The molecule has 0 radical (unpaired) electrons. The van der Waals surface area contributed by atoms with Crippen molar-refractivity contribution in [2.24, 2.45) is 11.3 Å². The van der Waals surface area contributed by atoms with Crippen LogP contribution in [0.2, 0.25) is 0 Å². The minimum Gasteiger partial charge on any atom is -0.337 e. The van der Waals surface area contributed by atoms with Gasteiger partial charge in [-0.15, -0.1) is 0 Å². The Kier molecular flexibility index (Phi) is 6.88. The lowest BCUT2D eigenvalue weighted by Gasteiger charge is -2.33. The number of amides is 2. The molecule has 0 aliphatic carbocycles. The molecule has 2 aliphatic rings. The second-order valence-corrected chi connectivity index (χ2v) is 9.81. The molecular formula is C26H37N5O2. The van der Waals surface area contributed by atoms with Gasteiger partial charge in [-0.25, -0.2) is 0 Å². The van der Waals surface area contributed by atoms with Gasteiger partial charge in [0.2, 0.25) is 5.91 Å². The van der Waals surface area contributed by atoms with Crippen molar-refractivity contribution in [2.75, 3.05) is 39.8 Å². The van der Waals surface area contributed by atoms with Crippen LogP contribution in [0.3, 0.4) is 0 Å². The van der Waals surface area contributed by atoms with Crippen molar-refractivity contribution in [2.45, 2.75) is 46.7 Å². The average molecular weight is 452 g/mol. The second-order valence-electron chi connectivity index (χ2n) is 9.81. The van der Waals surface area contributed by atoms with Crippen LogP contribution < -0.4 is 0 Å². The van der Waals surface area contributed by atoms with Crippen LogP contribution in [-0.2, 0) is 17.9 Å². The van der Waals surface area contributed by atoms with E-state index in [1.807, 2.05) is 58.7 Å². The molecule has 3 heterocycles. The van der Waals surface area contributed by atoms with Gasteiger partial charge in [-0.3, -0.25) is 14.3 Å². The van der Waals surface area contributed by atoms with Crippen LogP contribution >= 0.6 is 0 Å². The molecule has 2 aromatic rings. The maximum absolute atomic E-state index is 14.0. The molecule has 4 rings (SSSR count). The van der Waals surface area contributed by atoms with Crippen LogP contribution in [0.4, 0.5) is 0 Å². The van der Waals surface area contributed by atoms with Crippen LogP contribution in [0, 0.1) is 18.3 Å². The third-order valence-corrected chi connectivity index (χ3v) is 7.30. The zero-order valence-corrected chi connectivity index (χ0v) is 20.5. The van der Waals surface area contributed by atoms with Gasteiger partial charge in [-0.05, 0) is 58.5 Å². The molecule has 2 saturated heterocycles. The summed E-state index contributed by atoms with van der Waals surface area (Å²) in [7, 11) is 2.11. The van der Waals surface area contributed by atoms with E-state index in [1.165, 1.54) is 0 Å². The predicted octanol–water partition coefficient (Wildman–Crippen LogP) is 3.04. The molecule has 2 aliphatic heterocycles. The van der Waals surface area contributed by atoms with Crippen molar-refractivity contribution in [3.05, 3.63) is 53.3 Å². The van der Waals surface area contributed by atoms with Crippen LogP contribution in [0.25, 0.3) is 0 Å². The number of likely N-dealkylation sites (tertiary alicyclic amines) is 2. The Bertz CT molecular complexity index is 988. The maximum atomic E-state index is 14.0. The summed E-state index contributed by atoms with van der Waals surface area (Å²) in [5.41, 5.74) is 2.58. The fourth-order valence-corrected chi connectivity index (χ4v) is 5.64. The van der Waals surface area contributed by atoms with Crippen LogP contribution in [0.1, 0.15) is 48.4 Å². The lowest BCUT2D eigenvalue weighted by molar-refractivity contribution is -0.138. The summed E-state index contributed by atoms with van der Waals surface area (Å²) in [6, 6.07) is 11.5. The summed E-state index contributed by atoms with van der Waals surface area (Å²) in [6.45, 7) is 11.2. The Labute approximate surface area is 197 Å². The van der Waals surface area contributed by atoms with E-state index in [9.17, 15) is 9.59 Å². The van der Waals surface area contributed by atoms with E-state index in [-0.39, 0.29) is 23.1 Å². The fourth-order valence-electron chi connectivity index (χ4n) is 5.64. The van der Waals surface area contributed by atoms with Crippen molar-refractivity contribution in [3.63, 3.8) is 0 Å². The quantitative estimate of drug-likeness (QED) is 0.649. The minimum absolute atomic E-state index is 0.0273. The van der Waals surface area contributed by atoms with E-state index in [0.717, 1.165) is 43.9 Å². The van der Waals surface area contributed by atoms with E-state index < -0.39 is 0 Å². The number of carbonyl (C=O) groups excluding carboxylic acids is 2. The largest absolute Gasteiger partial charge is 0.337 e. The highest BCUT2D eigenvalue weighted by molar-refractivity contribution is 5.95. The Morgan fingerprint density at radius 2 is 1.94 bits per heavy atom. The first-order valence-electron chi connectivity index (χ1n) is 12.2. The molecule has 7 nitrogen and oxygen atoms in total. The van der Waals surface area contributed by atoms with E-state index in [4.69, 9.17) is 0 Å². The van der Waals surface area contributed by atoms with Gasteiger partial charge in [0.25, 0.3) is 5.91 Å². The van der Waals surface area contributed by atoms with Crippen molar-refractivity contribution < 1.29 is 9.59 Å². The van der Waals surface area contributed by atoms with E-state index >= 15 is 0 Å². The number of benzene rings is 1. The maximum Gasteiger partial charge on any atom is 0.253 e. The molecule has 1 aromatic heterocycles. The number of carbonyl (C=O) groups is 2. The van der Waals surface area contributed by atoms with E-state index in [2.05, 4.69) is 30.0 Å². The zero-order chi connectivity index (χ0) is 23.6. The summed E-state index contributed by atoms with van der Waals surface area (Å²) in [4.78, 5) is 33.4. The number of aromatic nitrogens is 2. The molecule has 7 heteroatoms. The van der Waals surface area contributed by atoms with Gasteiger partial charge >= 0.3 is 0 Å². The highest BCUT2D eigenvalue weighted by atomic mass is 16.2. The molecule has 2 fully saturated rings. The first kappa shape index (κ1) is 23.5. The predicted molar refractivity (Wildman–Crippen MR) is 129 cm³/mol. The number of aryl methyl sites for hydroxylation is 2. The first-order valence-corrected chi connectivity index (χ1v) is 12.2. The van der Waals surface area contributed by atoms with Gasteiger partial charge in [0.05, 0.1) is 23.9 Å². The van der Waals surface area contributed by atoms with Gasteiger partial charge in [0, 0.05) is 43.7 Å². The Balaban J connectivity index is 1.58. The van der Waals surface area contributed by atoms with Crippen molar-refractivity contribution in [3.8, 4) is 0 Å². The molecule has 1 aromatic carbocycles. The molecule has 0 bridgehead atoms. The van der Waals surface area contributed by atoms with Crippen LogP contribution in [-0.4, -0.2) is 76.1 Å². The standard InChI is InChI=1S/C26H37N5O2/c1-5-13-31-22(15-20(3)27-31)16-29(6-2)25(33)23-17-30(19-26(23)12-14-28(4)18-26)24(32)21-10-8-7-9-11-21/h7-11,15,23H,5-6,12-14,16-19H2,1-4H3/t23-,26+/m0/s1. The summed E-state index contributed by atoms with van der Waals surface area (Å²) < 4.78 is 2.03.